The zero-order chi connectivity index (χ0) is 9.68. The van der Waals surface area contributed by atoms with E-state index in [-0.39, 0.29) is 24.2 Å². The number of hydrogen-bond donors (Lipinski definition) is 2. The molecule has 0 aromatic rings. The van der Waals surface area contributed by atoms with E-state index in [0.717, 1.165) is 38.9 Å². The quantitative estimate of drug-likeness (QED) is 0.554. The van der Waals surface area contributed by atoms with Gasteiger partial charge in [-0.3, -0.25) is 10.0 Å². The summed E-state index contributed by atoms with van der Waals surface area (Å²) in [6.45, 7) is 5.23. The van der Waals surface area contributed by atoms with Gasteiger partial charge in [0.25, 0.3) is 0 Å². The molecule has 1 fully saturated rings. The summed E-state index contributed by atoms with van der Waals surface area (Å²) in [4.78, 5) is 13.4. The van der Waals surface area contributed by atoms with Crippen molar-refractivity contribution in [1.29, 1.82) is 0 Å². The maximum Gasteiger partial charge on any atom is 0.246 e. The van der Waals surface area contributed by atoms with Crippen LogP contribution in [0.2, 0.25) is 0 Å². The maximum atomic E-state index is 11.1. The van der Waals surface area contributed by atoms with Gasteiger partial charge >= 0.3 is 0 Å². The molecule has 1 rings (SSSR count). The van der Waals surface area contributed by atoms with Gasteiger partial charge in [-0.1, -0.05) is 6.92 Å². The van der Waals surface area contributed by atoms with E-state index in [1.165, 1.54) is 0 Å². The van der Waals surface area contributed by atoms with Crippen molar-refractivity contribution < 1.29 is 10.0 Å². The number of hydrogen-bond acceptors (Lipinski definition) is 3. The second-order valence-corrected chi connectivity index (χ2v) is 3.59. The molecule has 1 aliphatic heterocycles. The molecule has 0 aromatic carbocycles. The number of piperidine rings is 1. The molecule has 1 amide bonds. The zero-order valence-corrected chi connectivity index (χ0v) is 9.35. The number of amides is 1. The first-order valence-electron chi connectivity index (χ1n) is 4.94. The van der Waals surface area contributed by atoms with Gasteiger partial charge in [0.15, 0.2) is 0 Å². The minimum absolute atomic E-state index is 0. The Hall–Kier alpha value is -0.320. The van der Waals surface area contributed by atoms with Crippen LogP contribution >= 0.6 is 12.4 Å². The predicted octanol–water partition coefficient (Wildman–Crippen LogP) is 1.04. The molecule has 4 nitrogen and oxygen atoms in total. The van der Waals surface area contributed by atoms with Gasteiger partial charge in [0.2, 0.25) is 5.91 Å². The van der Waals surface area contributed by atoms with Crippen molar-refractivity contribution in [3.63, 3.8) is 0 Å². The van der Waals surface area contributed by atoms with Crippen LogP contribution in [0.25, 0.3) is 0 Å². The fourth-order valence-electron chi connectivity index (χ4n) is 1.83. The van der Waals surface area contributed by atoms with Gasteiger partial charge in [0.05, 0.1) is 0 Å². The molecule has 0 bridgehead atoms. The summed E-state index contributed by atoms with van der Waals surface area (Å²) in [6.07, 6.45) is 2.90. The van der Waals surface area contributed by atoms with Crippen molar-refractivity contribution in [3.8, 4) is 0 Å². The second kappa shape index (κ2) is 7.04. The fraction of sp³-hybridized carbons (Fsp3) is 0.889. The maximum absolute atomic E-state index is 11.1. The van der Waals surface area contributed by atoms with Crippen LogP contribution in [0.5, 0.6) is 0 Å². The normalized spacial score (nSPS) is 18.7. The molecule has 0 spiro atoms. The molecule has 1 saturated heterocycles. The van der Waals surface area contributed by atoms with E-state index in [9.17, 15) is 4.79 Å². The smallest absolute Gasteiger partial charge is 0.246 e. The molecule has 0 saturated carbocycles. The largest absolute Gasteiger partial charge is 0.303 e. The molecule has 84 valence electrons. The van der Waals surface area contributed by atoms with Crippen LogP contribution in [0.3, 0.4) is 0 Å². The van der Waals surface area contributed by atoms with Gasteiger partial charge in [0, 0.05) is 5.92 Å². The molecule has 0 radical (unpaired) electrons. The number of carbonyl (C=O) groups excluding carboxylic acids is 1. The van der Waals surface area contributed by atoms with Crippen LogP contribution in [0.1, 0.15) is 26.2 Å². The molecule has 14 heavy (non-hydrogen) atoms. The Kier molecular flexibility index (Phi) is 6.87. The Morgan fingerprint density at radius 3 is 2.50 bits per heavy atom. The highest BCUT2D eigenvalue weighted by Gasteiger charge is 2.23. The van der Waals surface area contributed by atoms with Crippen molar-refractivity contribution in [2.45, 2.75) is 26.2 Å². The number of nitrogens with zero attached hydrogens (tertiary/aromatic N) is 1. The number of hydroxylamine groups is 1. The van der Waals surface area contributed by atoms with E-state index in [2.05, 4.69) is 11.8 Å². The van der Waals surface area contributed by atoms with Gasteiger partial charge in [-0.05, 0) is 38.9 Å². The molecule has 0 atom stereocenters. The van der Waals surface area contributed by atoms with E-state index in [1.54, 1.807) is 5.48 Å². The molecular weight excluding hydrogens is 204 g/mol. The van der Waals surface area contributed by atoms with Crippen LogP contribution in [0.4, 0.5) is 0 Å². The van der Waals surface area contributed by atoms with E-state index < -0.39 is 0 Å². The molecule has 5 heteroatoms. The lowest BCUT2D eigenvalue weighted by Crippen LogP contribution is -2.39. The lowest BCUT2D eigenvalue weighted by Gasteiger charge is -2.30. The third-order valence-corrected chi connectivity index (χ3v) is 2.61. The average molecular weight is 223 g/mol. The zero-order valence-electron chi connectivity index (χ0n) is 8.53. The minimum Gasteiger partial charge on any atom is -0.303 e. The van der Waals surface area contributed by atoms with Gasteiger partial charge in [-0.2, -0.15) is 0 Å². The molecular formula is C9H19ClN2O2. The van der Waals surface area contributed by atoms with Gasteiger partial charge in [-0.25, -0.2) is 5.48 Å². The SMILES string of the molecule is CCCN1CCC(C(=O)NO)CC1.Cl. The van der Waals surface area contributed by atoms with E-state index >= 15 is 0 Å². The van der Waals surface area contributed by atoms with Crippen molar-refractivity contribution in [2.24, 2.45) is 5.92 Å². The molecule has 1 heterocycles. The molecule has 0 unspecified atom stereocenters. The summed E-state index contributed by atoms with van der Waals surface area (Å²) < 4.78 is 0. The first-order chi connectivity index (χ1) is 6.27. The molecule has 0 aliphatic carbocycles. The minimum atomic E-state index is -0.226. The number of carbonyl (C=O) groups is 1. The number of nitrogens with one attached hydrogen (secondary N) is 1. The number of rotatable bonds is 3. The predicted molar refractivity (Wildman–Crippen MR) is 56.6 cm³/mol. The van der Waals surface area contributed by atoms with E-state index in [4.69, 9.17) is 5.21 Å². The lowest BCUT2D eigenvalue weighted by atomic mass is 9.96. The van der Waals surface area contributed by atoms with E-state index in [0.29, 0.717) is 0 Å². The Labute approximate surface area is 91.0 Å². The van der Waals surface area contributed by atoms with Crippen LogP contribution in [-0.4, -0.2) is 35.6 Å². The highest BCUT2D eigenvalue weighted by molar-refractivity contribution is 5.85. The first-order valence-corrected chi connectivity index (χ1v) is 4.94. The van der Waals surface area contributed by atoms with Gasteiger partial charge in [-0.15, -0.1) is 12.4 Å². The summed E-state index contributed by atoms with van der Waals surface area (Å²) in [5, 5.41) is 8.44. The standard InChI is InChI=1S/C9H18N2O2.ClH/c1-2-5-11-6-3-8(4-7-11)9(12)10-13;/h8,13H,2-7H2,1H3,(H,10,12);1H. The first kappa shape index (κ1) is 13.7. The molecule has 0 aromatic heterocycles. The number of likely N-dealkylation sites (tertiary alicyclic amines) is 1. The van der Waals surface area contributed by atoms with E-state index in [1.807, 2.05) is 0 Å². The Morgan fingerprint density at radius 2 is 2.07 bits per heavy atom. The van der Waals surface area contributed by atoms with Crippen molar-refractivity contribution >= 4 is 18.3 Å². The summed E-state index contributed by atoms with van der Waals surface area (Å²) in [5.41, 5.74) is 1.72. The van der Waals surface area contributed by atoms with Crippen LogP contribution < -0.4 is 5.48 Å². The van der Waals surface area contributed by atoms with Crippen LogP contribution in [0, 0.1) is 5.92 Å². The number of halogens is 1. The van der Waals surface area contributed by atoms with Crippen molar-refractivity contribution in [3.05, 3.63) is 0 Å². The summed E-state index contributed by atoms with van der Waals surface area (Å²) in [7, 11) is 0. The van der Waals surface area contributed by atoms with Crippen molar-refractivity contribution in [2.75, 3.05) is 19.6 Å². The fourth-order valence-corrected chi connectivity index (χ4v) is 1.83. The lowest BCUT2D eigenvalue weighted by molar-refractivity contribution is -0.134. The van der Waals surface area contributed by atoms with Gasteiger partial charge in [0.1, 0.15) is 0 Å². The highest BCUT2D eigenvalue weighted by Crippen LogP contribution is 2.16. The Bertz CT molecular complexity index is 170. The average Bonchev–Trinajstić information content (AvgIpc) is 2.18. The summed E-state index contributed by atoms with van der Waals surface area (Å²) in [5.74, 6) is -0.214. The van der Waals surface area contributed by atoms with Crippen LogP contribution in [-0.2, 0) is 4.79 Å². The van der Waals surface area contributed by atoms with Crippen LogP contribution in [0.15, 0.2) is 0 Å². The monoisotopic (exact) mass is 222 g/mol. The summed E-state index contributed by atoms with van der Waals surface area (Å²) >= 11 is 0. The highest BCUT2D eigenvalue weighted by atomic mass is 35.5. The Morgan fingerprint density at radius 1 is 1.50 bits per heavy atom. The topological polar surface area (TPSA) is 52.6 Å². The molecule has 2 N–H and O–H groups in total. The third-order valence-electron chi connectivity index (χ3n) is 2.61. The Balaban J connectivity index is 0.00000169. The molecule has 1 aliphatic rings. The van der Waals surface area contributed by atoms with Gasteiger partial charge < -0.3 is 4.90 Å². The summed E-state index contributed by atoms with van der Waals surface area (Å²) in [6, 6.07) is 0. The van der Waals surface area contributed by atoms with Crippen molar-refractivity contribution in [1.82, 2.24) is 10.4 Å². The third kappa shape index (κ3) is 3.82. The second-order valence-electron chi connectivity index (χ2n) is 3.59.